The van der Waals surface area contributed by atoms with Gasteiger partial charge in [-0.1, -0.05) is 12.1 Å². The zero-order valence-corrected chi connectivity index (χ0v) is 12.5. The summed E-state index contributed by atoms with van der Waals surface area (Å²) in [6, 6.07) is 10.6. The quantitative estimate of drug-likeness (QED) is 0.690. The van der Waals surface area contributed by atoms with Crippen LogP contribution in [0, 0.1) is 11.8 Å². The molecule has 5 rings (SSSR count). The van der Waals surface area contributed by atoms with Crippen molar-refractivity contribution in [2.75, 3.05) is 24.3 Å². The maximum absolute atomic E-state index is 6.01. The van der Waals surface area contributed by atoms with Crippen molar-refractivity contribution in [3.63, 3.8) is 0 Å². The summed E-state index contributed by atoms with van der Waals surface area (Å²) >= 11 is 0. The molecule has 1 saturated carbocycles. The van der Waals surface area contributed by atoms with E-state index in [1.807, 2.05) is 18.2 Å². The van der Waals surface area contributed by atoms with E-state index in [0.29, 0.717) is 23.7 Å². The smallest absolute Gasteiger partial charge is 0.126 e. The lowest BCUT2D eigenvalue weighted by atomic mass is 10.1. The molecular weight excluding hydrogens is 290 g/mol. The van der Waals surface area contributed by atoms with Gasteiger partial charge in [-0.2, -0.15) is 5.10 Å². The number of hydrogen-bond donors (Lipinski definition) is 3. The summed E-state index contributed by atoms with van der Waals surface area (Å²) in [7, 11) is 0. The van der Waals surface area contributed by atoms with E-state index in [-0.39, 0.29) is 0 Å². The second kappa shape index (κ2) is 4.70. The summed E-state index contributed by atoms with van der Waals surface area (Å²) in [6.07, 6.45) is 1.74. The van der Waals surface area contributed by atoms with Crippen molar-refractivity contribution < 1.29 is 4.74 Å². The normalized spacial score (nSPS) is 25.5. The Morgan fingerprint density at radius 3 is 2.83 bits per heavy atom. The van der Waals surface area contributed by atoms with Crippen molar-refractivity contribution in [2.45, 2.75) is 6.04 Å². The minimum absolute atomic E-state index is 0.501. The second-order valence-electron chi connectivity index (χ2n) is 6.33. The van der Waals surface area contributed by atoms with E-state index >= 15 is 0 Å². The molecule has 0 radical (unpaired) electrons. The lowest BCUT2D eigenvalue weighted by Gasteiger charge is -2.13. The molecule has 0 unspecified atom stereocenters. The van der Waals surface area contributed by atoms with Gasteiger partial charge in [0.25, 0.3) is 0 Å². The first-order valence-corrected chi connectivity index (χ1v) is 7.84. The lowest BCUT2D eigenvalue weighted by Crippen LogP contribution is -2.13. The molecule has 1 saturated heterocycles. The number of pyridine rings is 1. The van der Waals surface area contributed by atoms with Crippen LogP contribution in [0.2, 0.25) is 0 Å². The molecule has 2 fully saturated rings. The summed E-state index contributed by atoms with van der Waals surface area (Å²) in [5.41, 5.74) is 9.98. The molecule has 6 heteroatoms. The van der Waals surface area contributed by atoms with Crippen LogP contribution in [-0.4, -0.2) is 34.4 Å². The molecule has 1 aliphatic carbocycles. The zero-order valence-electron chi connectivity index (χ0n) is 12.5. The van der Waals surface area contributed by atoms with Gasteiger partial charge in [-0.05, 0) is 12.1 Å². The molecule has 23 heavy (non-hydrogen) atoms. The Morgan fingerprint density at radius 2 is 2.04 bits per heavy atom. The molecule has 6 nitrogen and oxygen atoms in total. The molecule has 1 aromatic carbocycles. The number of aromatic nitrogens is 3. The maximum Gasteiger partial charge on any atom is 0.126 e. The molecule has 3 heterocycles. The summed E-state index contributed by atoms with van der Waals surface area (Å²) in [5, 5.41) is 11.7. The van der Waals surface area contributed by atoms with Gasteiger partial charge in [-0.15, -0.1) is 0 Å². The Balaban J connectivity index is 1.54. The number of benzene rings is 1. The largest absolute Gasteiger partial charge is 0.384 e. The number of hydrogen-bond acceptors (Lipinski definition) is 5. The standard InChI is InChI=1S/C17H17N5O/c18-16-6-15(21-17-11-7-23-8-12(11)17)10-2-1-9(5-14(10)20-16)13-3-4-19-22-13/h1-6,11-12,17H,7-8H2,(H,19,22)(H3,18,20,21)/t11-,12+,17+. The predicted octanol–water partition coefficient (Wildman–Crippen LogP) is 2.26. The number of aromatic amines is 1. The molecule has 2 aromatic heterocycles. The topological polar surface area (TPSA) is 88.9 Å². The van der Waals surface area contributed by atoms with Gasteiger partial charge in [0.2, 0.25) is 0 Å². The van der Waals surface area contributed by atoms with Crippen molar-refractivity contribution >= 4 is 22.4 Å². The summed E-state index contributed by atoms with van der Waals surface area (Å²) in [6.45, 7) is 1.73. The molecular formula is C17H17N5O. The van der Waals surface area contributed by atoms with Crippen LogP contribution in [0.15, 0.2) is 36.5 Å². The average molecular weight is 307 g/mol. The van der Waals surface area contributed by atoms with E-state index in [1.165, 1.54) is 0 Å². The van der Waals surface area contributed by atoms with E-state index in [0.717, 1.165) is 41.1 Å². The van der Waals surface area contributed by atoms with Crippen LogP contribution in [0.3, 0.4) is 0 Å². The molecule has 0 amide bonds. The zero-order chi connectivity index (χ0) is 15.4. The van der Waals surface area contributed by atoms with Gasteiger partial charge in [-0.3, -0.25) is 5.10 Å². The van der Waals surface area contributed by atoms with E-state index in [2.05, 4.69) is 32.6 Å². The van der Waals surface area contributed by atoms with Crippen molar-refractivity contribution in [1.82, 2.24) is 15.2 Å². The minimum atomic E-state index is 0.501. The molecule has 1 aliphatic heterocycles. The number of nitrogens with two attached hydrogens (primary N) is 1. The number of nitrogen functional groups attached to an aromatic ring is 1. The van der Waals surface area contributed by atoms with Crippen LogP contribution in [-0.2, 0) is 4.74 Å². The Hall–Kier alpha value is -2.60. The van der Waals surface area contributed by atoms with Crippen molar-refractivity contribution in [2.24, 2.45) is 11.8 Å². The van der Waals surface area contributed by atoms with Crippen LogP contribution in [0.5, 0.6) is 0 Å². The summed E-state index contributed by atoms with van der Waals surface area (Å²) in [4.78, 5) is 4.49. The average Bonchev–Trinajstić information content (AvgIpc) is 3.01. The van der Waals surface area contributed by atoms with Gasteiger partial charge in [0, 0.05) is 46.8 Å². The summed E-state index contributed by atoms with van der Waals surface area (Å²) < 4.78 is 5.46. The number of anilines is 2. The first-order chi connectivity index (χ1) is 11.3. The third-order valence-electron chi connectivity index (χ3n) is 4.92. The fraction of sp³-hybridized carbons (Fsp3) is 0.294. The highest BCUT2D eigenvalue weighted by Gasteiger charge is 2.54. The van der Waals surface area contributed by atoms with Crippen LogP contribution in [0.1, 0.15) is 0 Å². The fourth-order valence-electron chi connectivity index (χ4n) is 3.59. The van der Waals surface area contributed by atoms with E-state index in [4.69, 9.17) is 10.5 Å². The second-order valence-corrected chi connectivity index (χ2v) is 6.33. The number of H-pyrrole nitrogens is 1. The number of ether oxygens (including phenoxy) is 1. The minimum Gasteiger partial charge on any atom is -0.384 e. The Morgan fingerprint density at radius 1 is 1.17 bits per heavy atom. The van der Waals surface area contributed by atoms with E-state index in [1.54, 1.807) is 6.20 Å². The Bertz CT molecular complexity index is 866. The maximum atomic E-state index is 6.01. The lowest BCUT2D eigenvalue weighted by molar-refractivity contribution is 0.162. The van der Waals surface area contributed by atoms with Crippen LogP contribution >= 0.6 is 0 Å². The summed E-state index contributed by atoms with van der Waals surface area (Å²) in [5.74, 6) is 1.82. The SMILES string of the molecule is Nc1cc(N[C@H]2[C@@H]3COC[C@@H]32)c2ccc(-c3ccn[nH]3)cc2n1. The van der Waals surface area contributed by atoms with Crippen molar-refractivity contribution in [3.05, 3.63) is 36.5 Å². The predicted molar refractivity (Wildman–Crippen MR) is 88.9 cm³/mol. The van der Waals surface area contributed by atoms with Gasteiger partial charge >= 0.3 is 0 Å². The van der Waals surface area contributed by atoms with Crippen LogP contribution < -0.4 is 11.1 Å². The first-order valence-electron chi connectivity index (χ1n) is 7.84. The van der Waals surface area contributed by atoms with Gasteiger partial charge in [0.05, 0.1) is 24.4 Å². The molecule has 3 aromatic rings. The van der Waals surface area contributed by atoms with Crippen molar-refractivity contribution in [1.29, 1.82) is 0 Å². The van der Waals surface area contributed by atoms with Crippen LogP contribution in [0.25, 0.3) is 22.2 Å². The molecule has 3 atom stereocenters. The molecule has 2 aliphatic rings. The third-order valence-corrected chi connectivity index (χ3v) is 4.92. The Labute approximate surface area is 133 Å². The van der Waals surface area contributed by atoms with Crippen molar-refractivity contribution in [3.8, 4) is 11.3 Å². The van der Waals surface area contributed by atoms with Gasteiger partial charge < -0.3 is 15.8 Å². The Kier molecular flexibility index (Phi) is 2.63. The van der Waals surface area contributed by atoms with Gasteiger partial charge in [0.15, 0.2) is 0 Å². The van der Waals surface area contributed by atoms with Crippen LogP contribution in [0.4, 0.5) is 11.5 Å². The number of nitrogens with one attached hydrogen (secondary N) is 2. The monoisotopic (exact) mass is 307 g/mol. The first kappa shape index (κ1) is 12.9. The molecule has 4 N–H and O–H groups in total. The molecule has 0 bridgehead atoms. The number of fused-ring (bicyclic) bond motifs is 2. The highest BCUT2D eigenvalue weighted by atomic mass is 16.5. The molecule has 0 spiro atoms. The molecule has 116 valence electrons. The van der Waals surface area contributed by atoms with E-state index in [9.17, 15) is 0 Å². The number of rotatable bonds is 3. The van der Waals surface area contributed by atoms with Gasteiger partial charge in [-0.25, -0.2) is 4.98 Å². The highest BCUT2D eigenvalue weighted by molar-refractivity contribution is 5.95. The van der Waals surface area contributed by atoms with Gasteiger partial charge in [0.1, 0.15) is 5.82 Å². The number of nitrogens with zero attached hydrogens (tertiary/aromatic N) is 2. The fourth-order valence-corrected chi connectivity index (χ4v) is 3.59. The third kappa shape index (κ3) is 2.06. The van der Waals surface area contributed by atoms with E-state index < -0.39 is 0 Å². The highest BCUT2D eigenvalue weighted by Crippen LogP contribution is 2.46.